The van der Waals surface area contributed by atoms with Crippen molar-refractivity contribution in [2.45, 2.75) is 56.4 Å². The van der Waals surface area contributed by atoms with Crippen molar-refractivity contribution < 1.29 is 75.9 Å². The molecule has 0 saturated carbocycles. The molecule has 3 heterocycles. The van der Waals surface area contributed by atoms with Gasteiger partial charge in [-0.05, 0) is 6.92 Å². The zero-order valence-corrected chi connectivity index (χ0v) is 21.8. The summed E-state index contributed by atoms with van der Waals surface area (Å²) in [6, 6.07) is 0. The number of hydrogen-bond donors (Lipinski definition) is 8. The number of ether oxygens (including phenoxy) is 3. The average Bonchev–Trinajstić information content (AvgIpc) is 3.28. The first kappa shape index (κ1) is 31.4. The molecule has 1 aromatic heterocycles. The van der Waals surface area contributed by atoms with Crippen molar-refractivity contribution in [1.29, 1.82) is 0 Å². The molecule has 8 N–H and O–H groups in total. The van der Waals surface area contributed by atoms with E-state index in [9.17, 15) is 48.4 Å². The smallest absolute Gasteiger partial charge is 0.394 e. The number of aromatic nitrogens is 2. The van der Waals surface area contributed by atoms with E-state index in [2.05, 4.69) is 13.1 Å². The number of H-pyrrole nitrogens is 1. The highest BCUT2D eigenvalue weighted by atomic mass is 31.3. The van der Waals surface area contributed by atoms with E-state index in [1.807, 2.05) is 4.98 Å². The van der Waals surface area contributed by atoms with Gasteiger partial charge in [0.05, 0.1) is 19.3 Å². The van der Waals surface area contributed by atoms with Crippen LogP contribution >= 0.6 is 23.5 Å². The zero-order chi connectivity index (χ0) is 28.6. The van der Waals surface area contributed by atoms with Gasteiger partial charge in [-0.2, -0.15) is 8.62 Å². The highest BCUT2D eigenvalue weighted by Crippen LogP contribution is 2.66. The van der Waals surface area contributed by atoms with Gasteiger partial charge in [0, 0.05) is 18.2 Å². The van der Waals surface area contributed by atoms with Crippen molar-refractivity contribution in [2.75, 3.05) is 13.2 Å². The van der Waals surface area contributed by atoms with Crippen LogP contribution in [0.2, 0.25) is 0 Å². The van der Waals surface area contributed by atoms with Gasteiger partial charge in [0.2, 0.25) is 0 Å². The van der Waals surface area contributed by atoms with Gasteiger partial charge in [-0.1, -0.05) is 0 Å². The number of phosphoric ester groups is 1. The van der Waals surface area contributed by atoms with Crippen LogP contribution in [0.1, 0.15) is 18.2 Å². The molecule has 2 aliphatic rings. The zero-order valence-electron chi connectivity index (χ0n) is 19.2. The second kappa shape index (κ2) is 11.8. The first-order chi connectivity index (χ1) is 17.4. The minimum Gasteiger partial charge on any atom is -0.394 e. The molecule has 0 amide bonds. The van der Waals surface area contributed by atoms with Gasteiger partial charge < -0.3 is 49.1 Å². The first-order valence-corrected chi connectivity index (χ1v) is 15.0. The molecule has 20 nitrogen and oxygen atoms in total. The lowest BCUT2D eigenvalue weighted by atomic mass is 10.1. The molecular formula is C15H25N2O18P3. The Balaban J connectivity index is 1.79. The Kier molecular flexibility index (Phi) is 9.71. The van der Waals surface area contributed by atoms with Crippen LogP contribution in [0.25, 0.3) is 0 Å². The Morgan fingerprint density at radius 1 is 1.03 bits per heavy atom. The average molecular weight is 614 g/mol. The molecule has 0 bridgehead atoms. The van der Waals surface area contributed by atoms with Crippen LogP contribution in [0, 0.1) is 6.92 Å². The summed E-state index contributed by atoms with van der Waals surface area (Å²) in [6.07, 6.45) is -8.88. The maximum atomic E-state index is 12.3. The molecule has 2 fully saturated rings. The van der Waals surface area contributed by atoms with Crippen LogP contribution in [0.4, 0.5) is 0 Å². The highest BCUT2D eigenvalue weighted by Gasteiger charge is 2.48. The highest BCUT2D eigenvalue weighted by molar-refractivity contribution is 7.66. The van der Waals surface area contributed by atoms with Crippen molar-refractivity contribution in [3.05, 3.63) is 32.6 Å². The number of aliphatic hydroxyl groups is 3. The van der Waals surface area contributed by atoms with E-state index in [0.717, 1.165) is 10.8 Å². The summed E-state index contributed by atoms with van der Waals surface area (Å²) in [5.74, 6) is 0. The van der Waals surface area contributed by atoms with E-state index in [1.54, 1.807) is 0 Å². The number of aromatic amines is 1. The third-order valence-electron chi connectivity index (χ3n) is 5.26. The molecule has 0 aliphatic carbocycles. The minimum absolute atomic E-state index is 0.117. The Bertz CT molecular complexity index is 1260. The maximum absolute atomic E-state index is 12.3. The third-order valence-corrected chi connectivity index (χ3v) is 9.06. The molecule has 1 aromatic rings. The monoisotopic (exact) mass is 614 g/mol. The number of aliphatic hydroxyl groups excluding tert-OH is 3. The summed E-state index contributed by atoms with van der Waals surface area (Å²) < 4.78 is 63.7. The summed E-state index contributed by atoms with van der Waals surface area (Å²) in [7, 11) is -17.0. The second-order valence-corrected chi connectivity index (χ2v) is 12.5. The van der Waals surface area contributed by atoms with E-state index >= 15 is 0 Å². The van der Waals surface area contributed by atoms with Gasteiger partial charge in [-0.25, -0.2) is 18.5 Å². The fourth-order valence-electron chi connectivity index (χ4n) is 3.59. The van der Waals surface area contributed by atoms with Gasteiger partial charge in [0.15, 0.2) is 6.29 Å². The lowest BCUT2D eigenvalue weighted by Crippen LogP contribution is -2.39. The number of hydrogen-bond acceptors (Lipinski definition) is 14. The number of nitrogens with zero attached hydrogens (tertiary/aromatic N) is 1. The van der Waals surface area contributed by atoms with Gasteiger partial charge in [0.25, 0.3) is 5.56 Å². The molecular weight excluding hydrogens is 589 g/mol. The van der Waals surface area contributed by atoms with Crippen LogP contribution in [-0.4, -0.2) is 94.5 Å². The molecule has 9 atom stereocenters. The normalized spacial score (nSPS) is 33.2. The molecule has 3 rings (SSSR count). The summed E-state index contributed by atoms with van der Waals surface area (Å²) in [4.78, 5) is 62.3. The maximum Gasteiger partial charge on any atom is 0.490 e. The van der Waals surface area contributed by atoms with Crippen molar-refractivity contribution >= 4 is 23.5 Å². The van der Waals surface area contributed by atoms with Crippen LogP contribution in [0.15, 0.2) is 15.8 Å². The Labute approximate surface area is 211 Å². The van der Waals surface area contributed by atoms with E-state index in [4.69, 9.17) is 24.0 Å². The van der Waals surface area contributed by atoms with Crippen LogP contribution in [0.5, 0.6) is 0 Å². The molecule has 4 unspecified atom stereocenters. The molecule has 23 heteroatoms. The fourth-order valence-corrected chi connectivity index (χ4v) is 6.62. The van der Waals surface area contributed by atoms with Gasteiger partial charge in [-0.15, -0.1) is 0 Å². The van der Waals surface area contributed by atoms with Gasteiger partial charge in [0.1, 0.15) is 30.6 Å². The number of phosphoric acid groups is 3. The minimum atomic E-state index is -5.80. The summed E-state index contributed by atoms with van der Waals surface area (Å²) in [5, 5.41) is 29.3. The molecule has 218 valence electrons. The summed E-state index contributed by atoms with van der Waals surface area (Å²) in [5.41, 5.74) is -1.45. The van der Waals surface area contributed by atoms with Crippen molar-refractivity contribution in [3.63, 3.8) is 0 Å². The Hall–Kier alpha value is -1.15. The first-order valence-electron chi connectivity index (χ1n) is 10.4. The summed E-state index contributed by atoms with van der Waals surface area (Å²) >= 11 is 0. The predicted octanol–water partition coefficient (Wildman–Crippen LogP) is -2.70. The molecule has 2 saturated heterocycles. The predicted molar refractivity (Wildman–Crippen MR) is 117 cm³/mol. The topological polar surface area (TPSA) is 303 Å². The third kappa shape index (κ3) is 7.96. The van der Waals surface area contributed by atoms with Crippen LogP contribution in [0.3, 0.4) is 0 Å². The Morgan fingerprint density at radius 3 is 2.26 bits per heavy atom. The molecule has 0 spiro atoms. The summed E-state index contributed by atoms with van der Waals surface area (Å²) in [6.45, 7) is -0.260. The van der Waals surface area contributed by atoms with Gasteiger partial charge in [-0.3, -0.25) is 18.9 Å². The molecule has 0 radical (unpaired) electrons. The molecule has 38 heavy (non-hydrogen) atoms. The Morgan fingerprint density at radius 2 is 1.68 bits per heavy atom. The van der Waals surface area contributed by atoms with E-state index < -0.39 is 91.0 Å². The largest absolute Gasteiger partial charge is 0.490 e. The number of rotatable bonds is 11. The molecule has 0 aromatic carbocycles. The van der Waals surface area contributed by atoms with E-state index in [1.165, 1.54) is 6.92 Å². The van der Waals surface area contributed by atoms with Crippen molar-refractivity contribution in [3.8, 4) is 0 Å². The van der Waals surface area contributed by atoms with Gasteiger partial charge >= 0.3 is 29.2 Å². The molecule has 2 aliphatic heterocycles. The SMILES string of the molecule is Cc1cn([C@H]2CC(O[C@@H]3O[C@@H](CO)C(O)[C@@H]3O)[C@@H](COP(=O)(O)OP(=O)(O)OP(=O)(O)O)O2)c(=O)[nH]c1=O. The quantitative estimate of drug-likeness (QED) is 0.118. The number of aryl methyl sites for hydroxylation is 1. The van der Waals surface area contributed by atoms with E-state index in [0.29, 0.717) is 0 Å². The van der Waals surface area contributed by atoms with Crippen molar-refractivity contribution in [1.82, 2.24) is 9.55 Å². The van der Waals surface area contributed by atoms with Crippen LogP contribution < -0.4 is 11.2 Å². The second-order valence-electron chi connectivity index (χ2n) is 8.11. The lowest BCUT2D eigenvalue weighted by molar-refractivity contribution is -0.204. The van der Waals surface area contributed by atoms with Crippen LogP contribution in [-0.2, 0) is 41.1 Å². The fraction of sp³-hybridized carbons (Fsp3) is 0.733. The number of nitrogens with one attached hydrogen (secondary N) is 1. The lowest BCUT2D eigenvalue weighted by Gasteiger charge is -2.24. The van der Waals surface area contributed by atoms with E-state index in [-0.39, 0.29) is 12.0 Å². The van der Waals surface area contributed by atoms with Crippen molar-refractivity contribution in [2.24, 2.45) is 0 Å². The standard InChI is InChI=1S/C15H25N2O18P3/c1-6-3-17(15(22)16-13(6)21)10-2-7(32-14-12(20)11(19)8(4-18)33-14)9(31-10)5-30-37(26,27)35-38(28,29)34-36(23,24)25/h3,7-12,14,18-20H,2,4-5H2,1H3,(H,26,27)(H,28,29)(H,16,21,22)(H2,23,24,25)/t7?,8-,9+,10+,11?,12-,14+/m0/s1.